The maximum atomic E-state index is 12.9. The summed E-state index contributed by atoms with van der Waals surface area (Å²) in [6.07, 6.45) is -2.96. The van der Waals surface area contributed by atoms with Gasteiger partial charge in [-0.25, -0.2) is 4.98 Å². The minimum atomic E-state index is -4.46. The van der Waals surface area contributed by atoms with E-state index in [9.17, 15) is 22.8 Å². The van der Waals surface area contributed by atoms with Crippen molar-refractivity contribution in [3.8, 4) is 5.88 Å². The molecule has 1 fully saturated rings. The first-order chi connectivity index (χ1) is 14.8. The predicted octanol–water partition coefficient (Wildman–Crippen LogP) is 3.11. The van der Waals surface area contributed by atoms with Crippen molar-refractivity contribution >= 4 is 17.5 Å². The van der Waals surface area contributed by atoms with Gasteiger partial charge in [-0.05, 0) is 29.8 Å². The Morgan fingerprint density at radius 3 is 2.81 bits per heavy atom. The smallest absolute Gasteiger partial charge is 0.416 e. The van der Waals surface area contributed by atoms with Crippen molar-refractivity contribution < 1.29 is 32.2 Å². The van der Waals surface area contributed by atoms with Gasteiger partial charge in [-0.1, -0.05) is 12.1 Å². The van der Waals surface area contributed by atoms with Gasteiger partial charge in [-0.15, -0.1) is 0 Å². The molecule has 7 nitrogen and oxygen atoms in total. The Morgan fingerprint density at radius 1 is 1.26 bits per heavy atom. The summed E-state index contributed by atoms with van der Waals surface area (Å²) >= 11 is 0. The fourth-order valence-corrected chi connectivity index (χ4v) is 3.22. The number of carbonyl (C=O) groups excluding carboxylic acids is 2. The summed E-state index contributed by atoms with van der Waals surface area (Å²) in [5.74, 6) is -1.08. The van der Waals surface area contributed by atoms with Crippen molar-refractivity contribution in [2.24, 2.45) is 5.92 Å². The Morgan fingerprint density at radius 2 is 2.06 bits per heavy atom. The summed E-state index contributed by atoms with van der Waals surface area (Å²) < 4.78 is 49.1. The molecule has 2 heterocycles. The highest BCUT2D eigenvalue weighted by molar-refractivity contribution is 5.97. The number of ether oxygens (including phenoxy) is 2. The molecule has 1 aliphatic rings. The van der Waals surface area contributed by atoms with Gasteiger partial charge in [0.05, 0.1) is 18.1 Å². The lowest BCUT2D eigenvalue weighted by atomic mass is 10.1. The Kier molecular flexibility index (Phi) is 7.11. The van der Waals surface area contributed by atoms with Crippen LogP contribution in [0.2, 0.25) is 0 Å². The third-order valence-corrected chi connectivity index (χ3v) is 4.77. The number of anilines is 1. The quantitative estimate of drug-likeness (QED) is 0.642. The highest BCUT2D eigenvalue weighted by atomic mass is 19.4. The fourth-order valence-electron chi connectivity index (χ4n) is 3.22. The SMILES string of the molecule is COCCOc1ncccc1NC(=O)C1CC(=O)N(Cc2cccc(C(F)(F)F)c2)C1. The van der Waals surface area contributed by atoms with Crippen LogP contribution in [0.4, 0.5) is 18.9 Å². The Bertz CT molecular complexity index is 936. The molecular formula is C21H22F3N3O4. The van der Waals surface area contributed by atoms with E-state index in [2.05, 4.69) is 10.3 Å². The van der Waals surface area contributed by atoms with Crippen molar-refractivity contribution in [2.75, 3.05) is 32.2 Å². The molecular weight excluding hydrogens is 415 g/mol. The number of nitrogens with zero attached hydrogens (tertiary/aromatic N) is 2. The van der Waals surface area contributed by atoms with Crippen LogP contribution in [0.25, 0.3) is 0 Å². The number of halogens is 3. The standard InChI is InChI=1S/C21H22F3N3O4/c1-30-8-9-31-20-17(6-3-7-25-20)26-19(29)15-11-18(28)27(13-15)12-14-4-2-5-16(10-14)21(22,23)24/h2-7,10,15H,8-9,11-13H2,1H3,(H,26,29). The number of pyridine rings is 1. The largest absolute Gasteiger partial charge is 0.474 e. The molecule has 0 radical (unpaired) electrons. The fraction of sp³-hybridized carbons (Fsp3) is 0.381. The number of hydrogen-bond acceptors (Lipinski definition) is 5. The second-order valence-electron chi connectivity index (χ2n) is 7.06. The van der Waals surface area contributed by atoms with Gasteiger partial charge in [0.1, 0.15) is 12.3 Å². The van der Waals surface area contributed by atoms with Crippen LogP contribution in [0, 0.1) is 5.92 Å². The van der Waals surface area contributed by atoms with Crippen LogP contribution in [0.15, 0.2) is 42.6 Å². The van der Waals surface area contributed by atoms with E-state index in [1.165, 1.54) is 30.3 Å². The van der Waals surface area contributed by atoms with E-state index in [-0.39, 0.29) is 43.8 Å². The average Bonchev–Trinajstić information content (AvgIpc) is 3.09. The predicted molar refractivity (Wildman–Crippen MR) is 105 cm³/mol. The highest BCUT2D eigenvalue weighted by Crippen LogP contribution is 2.30. The van der Waals surface area contributed by atoms with E-state index in [4.69, 9.17) is 9.47 Å². The van der Waals surface area contributed by atoms with Crippen molar-refractivity contribution in [3.63, 3.8) is 0 Å². The Hall–Kier alpha value is -3.14. The van der Waals surface area contributed by atoms with Gasteiger partial charge in [-0.2, -0.15) is 13.2 Å². The molecule has 166 valence electrons. The third-order valence-electron chi connectivity index (χ3n) is 4.77. The number of carbonyl (C=O) groups is 2. The summed E-state index contributed by atoms with van der Waals surface area (Å²) in [5, 5.41) is 2.72. The number of amides is 2. The van der Waals surface area contributed by atoms with Gasteiger partial charge < -0.3 is 19.7 Å². The summed E-state index contributed by atoms with van der Waals surface area (Å²) in [7, 11) is 1.53. The molecule has 1 atom stereocenters. The number of hydrogen-bond donors (Lipinski definition) is 1. The van der Waals surface area contributed by atoms with E-state index < -0.39 is 17.7 Å². The van der Waals surface area contributed by atoms with E-state index in [0.29, 0.717) is 17.9 Å². The van der Waals surface area contributed by atoms with Crippen molar-refractivity contribution in [1.29, 1.82) is 0 Å². The first kappa shape index (κ1) is 22.5. The summed E-state index contributed by atoms with van der Waals surface area (Å²) in [6, 6.07) is 8.08. The molecule has 1 aromatic heterocycles. The molecule has 2 amide bonds. The van der Waals surface area contributed by atoms with Gasteiger partial charge >= 0.3 is 6.18 Å². The first-order valence-corrected chi connectivity index (χ1v) is 9.59. The van der Waals surface area contributed by atoms with Gasteiger partial charge in [-0.3, -0.25) is 9.59 Å². The van der Waals surface area contributed by atoms with E-state index in [1.54, 1.807) is 12.1 Å². The highest BCUT2D eigenvalue weighted by Gasteiger charge is 2.35. The van der Waals surface area contributed by atoms with Crippen LogP contribution in [0.5, 0.6) is 5.88 Å². The minimum Gasteiger partial charge on any atom is -0.474 e. The van der Waals surface area contributed by atoms with E-state index in [0.717, 1.165) is 12.1 Å². The molecule has 0 bridgehead atoms. The van der Waals surface area contributed by atoms with Crippen LogP contribution in [0.3, 0.4) is 0 Å². The number of methoxy groups -OCH3 is 1. The topological polar surface area (TPSA) is 80.8 Å². The van der Waals surface area contributed by atoms with Gasteiger partial charge in [0.2, 0.25) is 17.7 Å². The number of benzene rings is 1. The molecule has 1 unspecified atom stereocenters. The van der Waals surface area contributed by atoms with Crippen LogP contribution in [-0.2, 0) is 27.0 Å². The van der Waals surface area contributed by atoms with Crippen molar-refractivity contribution in [2.45, 2.75) is 19.1 Å². The molecule has 2 aromatic rings. The molecule has 3 rings (SSSR count). The molecule has 0 saturated carbocycles. The summed E-state index contributed by atoms with van der Waals surface area (Å²) in [6.45, 7) is 0.723. The Labute approximate surface area is 177 Å². The zero-order valence-electron chi connectivity index (χ0n) is 16.8. The van der Waals surface area contributed by atoms with E-state index in [1.807, 2.05) is 0 Å². The molecule has 0 spiro atoms. The zero-order valence-corrected chi connectivity index (χ0v) is 16.8. The van der Waals surface area contributed by atoms with Gasteiger partial charge in [0, 0.05) is 32.8 Å². The lowest BCUT2D eigenvalue weighted by Gasteiger charge is -2.18. The number of rotatable bonds is 8. The normalized spacial score (nSPS) is 16.5. The molecule has 1 N–H and O–H groups in total. The van der Waals surface area contributed by atoms with Crippen molar-refractivity contribution in [3.05, 3.63) is 53.7 Å². The summed E-state index contributed by atoms with van der Waals surface area (Å²) in [4.78, 5) is 30.5. The molecule has 10 heteroatoms. The van der Waals surface area contributed by atoms with Crippen molar-refractivity contribution in [1.82, 2.24) is 9.88 Å². The average molecular weight is 437 g/mol. The molecule has 1 saturated heterocycles. The monoisotopic (exact) mass is 437 g/mol. The number of alkyl halides is 3. The first-order valence-electron chi connectivity index (χ1n) is 9.59. The van der Waals surface area contributed by atoms with E-state index >= 15 is 0 Å². The third kappa shape index (κ3) is 5.94. The molecule has 1 aliphatic heterocycles. The lowest BCUT2D eigenvalue weighted by molar-refractivity contribution is -0.137. The minimum absolute atomic E-state index is 0.00477. The zero-order chi connectivity index (χ0) is 22.4. The van der Waals surface area contributed by atoms with Crippen LogP contribution >= 0.6 is 0 Å². The van der Waals surface area contributed by atoms with Gasteiger partial charge in [0.25, 0.3) is 0 Å². The maximum absolute atomic E-state index is 12.9. The van der Waals surface area contributed by atoms with Crippen LogP contribution < -0.4 is 10.1 Å². The second-order valence-corrected chi connectivity index (χ2v) is 7.06. The summed E-state index contributed by atoms with van der Waals surface area (Å²) in [5.41, 5.74) is -0.0544. The lowest BCUT2D eigenvalue weighted by Crippen LogP contribution is -2.28. The molecule has 0 aliphatic carbocycles. The number of aromatic nitrogens is 1. The van der Waals surface area contributed by atoms with Crippen LogP contribution in [0.1, 0.15) is 17.5 Å². The number of likely N-dealkylation sites (tertiary alicyclic amines) is 1. The van der Waals surface area contributed by atoms with Crippen LogP contribution in [-0.4, -0.2) is 48.6 Å². The molecule has 31 heavy (non-hydrogen) atoms. The maximum Gasteiger partial charge on any atom is 0.416 e. The molecule has 1 aromatic carbocycles. The second kappa shape index (κ2) is 9.78. The Balaban J connectivity index is 1.62. The number of nitrogens with one attached hydrogen (secondary N) is 1. The van der Waals surface area contributed by atoms with Gasteiger partial charge in [0.15, 0.2) is 0 Å².